The summed E-state index contributed by atoms with van der Waals surface area (Å²) in [5.41, 5.74) is 0.762. The van der Waals surface area contributed by atoms with E-state index in [1.54, 1.807) is 18.3 Å². The maximum absolute atomic E-state index is 12.8. The van der Waals surface area contributed by atoms with E-state index in [4.69, 9.17) is 14.9 Å². The van der Waals surface area contributed by atoms with E-state index in [-0.39, 0.29) is 48.3 Å². The second-order valence-corrected chi connectivity index (χ2v) is 8.29. The Morgan fingerprint density at radius 2 is 1.75 bits per heavy atom. The topological polar surface area (TPSA) is 166 Å². The minimum absolute atomic E-state index is 0.00361. The van der Waals surface area contributed by atoms with Crippen molar-refractivity contribution in [3.05, 3.63) is 54.4 Å². The second kappa shape index (κ2) is 10.3. The first-order valence-corrected chi connectivity index (χ1v) is 10.8. The third-order valence-electron chi connectivity index (χ3n) is 4.25. The van der Waals surface area contributed by atoms with Crippen LogP contribution < -0.4 is 5.32 Å². The van der Waals surface area contributed by atoms with Gasteiger partial charge in [-0.2, -0.15) is 14.8 Å². The molecule has 0 aliphatic rings. The number of amides is 1. The Kier molecular flexibility index (Phi) is 7.23. The van der Waals surface area contributed by atoms with Gasteiger partial charge in [0.05, 0.1) is 22.6 Å². The molecule has 0 radical (unpaired) electrons. The number of anilines is 1. The van der Waals surface area contributed by atoms with Crippen molar-refractivity contribution >= 4 is 21.9 Å². The summed E-state index contributed by atoms with van der Waals surface area (Å²) in [4.78, 5) is 16.4. The van der Waals surface area contributed by atoms with Gasteiger partial charge in [0.2, 0.25) is 10.0 Å². The fourth-order valence-electron chi connectivity index (χ4n) is 2.68. The van der Waals surface area contributed by atoms with Gasteiger partial charge in [-0.3, -0.25) is 15.1 Å². The molecule has 3 rings (SSSR count). The number of hydrogen-bond acceptors (Lipinski definition) is 9. The average Bonchev–Trinajstić information content (AvgIpc) is 3.28. The van der Waals surface area contributed by atoms with Crippen LogP contribution >= 0.6 is 0 Å². The number of carbonyl (C=O) groups is 1. The fraction of sp³-hybridized carbons (Fsp3) is 0.200. The molecule has 11 nitrogen and oxygen atoms in total. The van der Waals surface area contributed by atoms with Crippen LogP contribution in [0, 0.1) is 22.7 Å². The van der Waals surface area contributed by atoms with E-state index in [1.165, 1.54) is 30.5 Å². The normalized spacial score (nSPS) is 11.0. The first kappa shape index (κ1) is 22.6. The number of pyridine rings is 1. The van der Waals surface area contributed by atoms with Crippen LogP contribution in [0.5, 0.6) is 0 Å². The summed E-state index contributed by atoms with van der Waals surface area (Å²) >= 11 is 0. The molecule has 2 aromatic heterocycles. The lowest BCUT2D eigenvalue weighted by Crippen LogP contribution is -2.32. The molecule has 0 saturated heterocycles. The van der Waals surface area contributed by atoms with Crippen LogP contribution in [0.15, 0.2) is 58.1 Å². The molecule has 0 atom stereocenters. The molecular weight excluding hydrogens is 434 g/mol. The highest BCUT2D eigenvalue weighted by atomic mass is 32.2. The van der Waals surface area contributed by atoms with Crippen molar-refractivity contribution in [3.63, 3.8) is 0 Å². The fourth-order valence-corrected chi connectivity index (χ4v) is 4.12. The maximum Gasteiger partial charge on any atom is 0.322 e. The van der Waals surface area contributed by atoms with Crippen LogP contribution in [0.25, 0.3) is 11.5 Å². The number of nitrogens with one attached hydrogen (secondary N) is 1. The van der Waals surface area contributed by atoms with E-state index in [2.05, 4.69) is 20.5 Å². The zero-order valence-corrected chi connectivity index (χ0v) is 17.5. The molecule has 1 N–H and O–H groups in total. The Morgan fingerprint density at radius 3 is 2.34 bits per heavy atom. The van der Waals surface area contributed by atoms with E-state index in [9.17, 15) is 13.2 Å². The molecule has 12 heteroatoms. The molecular formula is C20H17N7O4S. The number of carbonyl (C=O) groups excluding carboxylic acids is 1. The molecule has 1 aromatic carbocycles. The van der Waals surface area contributed by atoms with Gasteiger partial charge >= 0.3 is 6.01 Å². The molecule has 3 aromatic rings. The van der Waals surface area contributed by atoms with Gasteiger partial charge in [0.15, 0.2) is 0 Å². The molecule has 0 bridgehead atoms. The Bertz CT molecular complexity index is 1240. The van der Waals surface area contributed by atoms with E-state index in [1.807, 2.05) is 12.1 Å². The molecule has 2 heterocycles. The first-order valence-electron chi connectivity index (χ1n) is 9.35. The first-order chi connectivity index (χ1) is 15.5. The van der Waals surface area contributed by atoms with Crippen molar-refractivity contribution in [2.75, 3.05) is 18.4 Å². The number of nitriles is 2. The maximum atomic E-state index is 12.8. The molecule has 32 heavy (non-hydrogen) atoms. The Balaban J connectivity index is 1.72. The summed E-state index contributed by atoms with van der Waals surface area (Å²) in [6, 6.07) is 12.3. The van der Waals surface area contributed by atoms with Crippen LogP contribution in [0.1, 0.15) is 23.2 Å². The second-order valence-electron chi connectivity index (χ2n) is 6.35. The highest BCUT2D eigenvalue weighted by Crippen LogP contribution is 2.20. The van der Waals surface area contributed by atoms with E-state index in [0.29, 0.717) is 5.56 Å². The number of sulfonamides is 1. The van der Waals surface area contributed by atoms with Crippen molar-refractivity contribution in [2.45, 2.75) is 17.7 Å². The molecule has 162 valence electrons. The van der Waals surface area contributed by atoms with Crippen LogP contribution in [0.2, 0.25) is 0 Å². The van der Waals surface area contributed by atoms with Crippen molar-refractivity contribution < 1.29 is 17.6 Å². The number of nitrogens with zero attached hydrogens (tertiary/aromatic N) is 6. The summed E-state index contributed by atoms with van der Waals surface area (Å²) in [6.07, 6.45) is 3.13. The van der Waals surface area contributed by atoms with Gasteiger partial charge in [-0.05, 0) is 36.4 Å². The standard InChI is InChI=1S/C20H17N7O4S/c21-9-2-12-27(13-3-10-22)32(29,30)17-7-5-15(6-8-17)18(28)24-20-26-25-19(31-20)16-4-1-11-23-14-16/h1,4-8,11,14H,2-3,12-13H2,(H,24,26,28). The van der Waals surface area contributed by atoms with Crippen molar-refractivity contribution in [1.29, 1.82) is 10.5 Å². The zero-order chi connectivity index (χ0) is 23.0. The Labute approximate surface area is 184 Å². The van der Waals surface area contributed by atoms with E-state index >= 15 is 0 Å². The molecule has 0 unspecified atom stereocenters. The minimum atomic E-state index is -3.92. The van der Waals surface area contributed by atoms with E-state index < -0.39 is 15.9 Å². The van der Waals surface area contributed by atoms with Gasteiger partial charge in [0.1, 0.15) is 0 Å². The molecule has 0 spiro atoms. The van der Waals surface area contributed by atoms with E-state index in [0.717, 1.165) is 4.31 Å². The van der Waals surface area contributed by atoms with Crippen LogP contribution in [0.4, 0.5) is 6.01 Å². The van der Waals surface area contributed by atoms with Crippen LogP contribution in [0.3, 0.4) is 0 Å². The third kappa shape index (κ3) is 5.31. The van der Waals surface area contributed by atoms with Gasteiger partial charge in [-0.1, -0.05) is 5.10 Å². The van der Waals surface area contributed by atoms with Crippen molar-refractivity contribution in [1.82, 2.24) is 19.5 Å². The average molecular weight is 451 g/mol. The van der Waals surface area contributed by atoms with Crippen molar-refractivity contribution in [3.8, 4) is 23.6 Å². The van der Waals surface area contributed by atoms with Crippen LogP contribution in [-0.4, -0.2) is 46.9 Å². The summed E-state index contributed by atoms with van der Waals surface area (Å²) in [7, 11) is -3.92. The lowest BCUT2D eigenvalue weighted by Gasteiger charge is -2.20. The molecule has 0 saturated carbocycles. The van der Waals surface area contributed by atoms with Gasteiger partial charge in [0, 0.05) is 43.9 Å². The molecule has 0 aliphatic carbocycles. The molecule has 0 fully saturated rings. The quantitative estimate of drug-likeness (QED) is 0.513. The predicted octanol–water partition coefficient (Wildman–Crippen LogP) is 2.20. The largest absolute Gasteiger partial charge is 0.403 e. The summed E-state index contributed by atoms with van der Waals surface area (Å²) < 4.78 is 32.1. The monoisotopic (exact) mass is 451 g/mol. The van der Waals surface area contributed by atoms with Crippen molar-refractivity contribution in [2.24, 2.45) is 0 Å². The number of rotatable bonds is 9. The minimum Gasteiger partial charge on any atom is -0.403 e. The summed E-state index contributed by atoms with van der Waals surface area (Å²) in [5.74, 6) is -0.383. The lowest BCUT2D eigenvalue weighted by atomic mass is 10.2. The van der Waals surface area contributed by atoms with Gasteiger partial charge in [-0.15, -0.1) is 5.10 Å². The molecule has 1 amide bonds. The number of benzene rings is 1. The van der Waals surface area contributed by atoms with Gasteiger partial charge in [-0.25, -0.2) is 8.42 Å². The molecule has 0 aliphatic heterocycles. The SMILES string of the molecule is N#CCCN(CCC#N)S(=O)(=O)c1ccc(C(=O)Nc2nnc(-c3cccnc3)o2)cc1. The highest BCUT2D eigenvalue weighted by Gasteiger charge is 2.24. The highest BCUT2D eigenvalue weighted by molar-refractivity contribution is 7.89. The van der Waals surface area contributed by atoms with Gasteiger partial charge < -0.3 is 4.42 Å². The smallest absolute Gasteiger partial charge is 0.322 e. The summed E-state index contributed by atoms with van der Waals surface area (Å²) in [5, 5.41) is 27.6. The van der Waals surface area contributed by atoms with Crippen LogP contribution in [-0.2, 0) is 10.0 Å². The predicted molar refractivity (Wildman–Crippen MR) is 111 cm³/mol. The zero-order valence-electron chi connectivity index (χ0n) is 16.7. The number of aromatic nitrogens is 3. The third-order valence-corrected chi connectivity index (χ3v) is 6.17. The number of hydrogen-bond donors (Lipinski definition) is 1. The Hall–Kier alpha value is -4.13. The summed E-state index contributed by atoms with van der Waals surface area (Å²) in [6.45, 7) is -0.0572. The van der Waals surface area contributed by atoms with Gasteiger partial charge in [0.25, 0.3) is 11.8 Å². The lowest BCUT2D eigenvalue weighted by molar-refractivity contribution is 0.102. The Morgan fingerprint density at radius 1 is 1.06 bits per heavy atom.